The second-order valence-electron chi connectivity index (χ2n) is 5.48. The first kappa shape index (κ1) is 17.8. The standard InChI is InChI=1S/C20H14BrFN2O2/c21-15-8-11-18(17(22)12-15)24-20(26)14-6-9-16(10-7-14)23-19(25)13-4-2-1-3-5-13/h1-12H,(H,23,25)(H,24,26). The van der Waals surface area contributed by atoms with Crippen LogP contribution in [0.1, 0.15) is 20.7 Å². The minimum absolute atomic E-state index is 0.0969. The van der Waals surface area contributed by atoms with Gasteiger partial charge in [-0.3, -0.25) is 9.59 Å². The molecule has 0 aromatic heterocycles. The maximum absolute atomic E-state index is 13.8. The van der Waals surface area contributed by atoms with Crippen molar-refractivity contribution >= 4 is 39.1 Å². The summed E-state index contributed by atoms with van der Waals surface area (Å²) in [5.41, 5.74) is 1.55. The lowest BCUT2D eigenvalue weighted by Gasteiger charge is -2.08. The summed E-state index contributed by atoms with van der Waals surface area (Å²) in [4.78, 5) is 24.3. The lowest BCUT2D eigenvalue weighted by atomic mass is 10.1. The predicted octanol–water partition coefficient (Wildman–Crippen LogP) is 5.09. The smallest absolute Gasteiger partial charge is 0.255 e. The summed E-state index contributed by atoms with van der Waals surface area (Å²) in [5, 5.41) is 5.27. The number of halogens is 2. The molecule has 3 rings (SSSR count). The Morgan fingerprint density at radius 2 is 1.38 bits per heavy atom. The fourth-order valence-electron chi connectivity index (χ4n) is 2.28. The number of rotatable bonds is 4. The highest BCUT2D eigenvalue weighted by molar-refractivity contribution is 9.10. The molecule has 0 bridgehead atoms. The van der Waals surface area contributed by atoms with Crippen LogP contribution in [0.5, 0.6) is 0 Å². The van der Waals surface area contributed by atoms with Crippen LogP contribution in [0, 0.1) is 5.82 Å². The minimum Gasteiger partial charge on any atom is -0.322 e. The van der Waals surface area contributed by atoms with E-state index in [9.17, 15) is 14.0 Å². The van der Waals surface area contributed by atoms with E-state index in [0.29, 0.717) is 21.3 Å². The molecule has 0 saturated carbocycles. The quantitative estimate of drug-likeness (QED) is 0.626. The molecular weight excluding hydrogens is 399 g/mol. The van der Waals surface area contributed by atoms with Gasteiger partial charge in [0, 0.05) is 21.3 Å². The van der Waals surface area contributed by atoms with E-state index < -0.39 is 11.7 Å². The highest BCUT2D eigenvalue weighted by atomic mass is 79.9. The summed E-state index contributed by atoms with van der Waals surface area (Å²) >= 11 is 3.16. The van der Waals surface area contributed by atoms with Crippen molar-refractivity contribution in [1.82, 2.24) is 0 Å². The Bertz CT molecular complexity index is 944. The van der Waals surface area contributed by atoms with Crippen LogP contribution in [0.2, 0.25) is 0 Å². The first-order valence-electron chi connectivity index (χ1n) is 7.76. The first-order chi connectivity index (χ1) is 12.5. The SMILES string of the molecule is O=C(Nc1ccc(C(=O)Nc2ccc(Br)cc2F)cc1)c1ccccc1. The fraction of sp³-hybridized carbons (Fsp3) is 0. The normalized spacial score (nSPS) is 10.2. The molecule has 0 aliphatic heterocycles. The summed E-state index contributed by atoms with van der Waals surface area (Å²) in [7, 11) is 0. The lowest BCUT2D eigenvalue weighted by Crippen LogP contribution is -2.14. The predicted molar refractivity (Wildman–Crippen MR) is 103 cm³/mol. The number of carbonyl (C=O) groups is 2. The van der Waals surface area contributed by atoms with Crippen molar-refractivity contribution in [3.05, 3.63) is 94.2 Å². The molecular formula is C20H14BrFN2O2. The monoisotopic (exact) mass is 412 g/mol. The van der Waals surface area contributed by atoms with Gasteiger partial charge in [-0.2, -0.15) is 0 Å². The van der Waals surface area contributed by atoms with Crippen molar-refractivity contribution in [2.75, 3.05) is 10.6 Å². The van der Waals surface area contributed by atoms with Gasteiger partial charge in [0.05, 0.1) is 5.69 Å². The second kappa shape index (κ2) is 7.93. The number of nitrogens with one attached hydrogen (secondary N) is 2. The van der Waals surface area contributed by atoms with E-state index in [4.69, 9.17) is 0 Å². The van der Waals surface area contributed by atoms with Gasteiger partial charge in [-0.25, -0.2) is 4.39 Å². The zero-order valence-electron chi connectivity index (χ0n) is 13.5. The van der Waals surface area contributed by atoms with Crippen molar-refractivity contribution in [2.24, 2.45) is 0 Å². The Hall–Kier alpha value is -2.99. The lowest BCUT2D eigenvalue weighted by molar-refractivity contribution is 0.101. The summed E-state index contributed by atoms with van der Waals surface area (Å²) in [6, 6.07) is 19.6. The summed E-state index contributed by atoms with van der Waals surface area (Å²) in [6.07, 6.45) is 0. The van der Waals surface area contributed by atoms with Gasteiger partial charge < -0.3 is 10.6 Å². The molecule has 0 unspecified atom stereocenters. The number of benzene rings is 3. The van der Waals surface area contributed by atoms with E-state index >= 15 is 0 Å². The van der Waals surface area contributed by atoms with Gasteiger partial charge in [-0.1, -0.05) is 34.1 Å². The van der Waals surface area contributed by atoms with Gasteiger partial charge in [0.1, 0.15) is 5.82 Å². The van der Waals surface area contributed by atoms with Crippen LogP contribution in [0.3, 0.4) is 0 Å². The number of anilines is 2. The van der Waals surface area contributed by atoms with Crippen molar-refractivity contribution in [3.8, 4) is 0 Å². The van der Waals surface area contributed by atoms with E-state index in [1.807, 2.05) is 6.07 Å². The summed E-state index contributed by atoms with van der Waals surface area (Å²) in [6.45, 7) is 0. The van der Waals surface area contributed by atoms with Crippen LogP contribution in [-0.4, -0.2) is 11.8 Å². The Morgan fingerprint density at radius 1 is 0.769 bits per heavy atom. The van der Waals surface area contributed by atoms with Gasteiger partial charge >= 0.3 is 0 Å². The number of hydrogen-bond acceptors (Lipinski definition) is 2. The van der Waals surface area contributed by atoms with Gasteiger partial charge in [0.15, 0.2) is 0 Å². The van der Waals surface area contributed by atoms with Crippen LogP contribution in [0.25, 0.3) is 0 Å². The Kier molecular flexibility index (Phi) is 5.43. The summed E-state index contributed by atoms with van der Waals surface area (Å²) in [5.74, 6) is -1.20. The molecule has 0 atom stereocenters. The molecule has 0 spiro atoms. The third-order valence-corrected chi connectivity index (χ3v) is 4.11. The van der Waals surface area contributed by atoms with E-state index in [1.165, 1.54) is 12.1 Å². The number of amides is 2. The second-order valence-corrected chi connectivity index (χ2v) is 6.39. The largest absolute Gasteiger partial charge is 0.322 e. The molecule has 0 radical (unpaired) electrons. The fourth-order valence-corrected chi connectivity index (χ4v) is 2.62. The third kappa shape index (κ3) is 4.34. The highest BCUT2D eigenvalue weighted by Gasteiger charge is 2.10. The molecule has 0 aliphatic rings. The maximum Gasteiger partial charge on any atom is 0.255 e. The molecule has 0 aliphatic carbocycles. The van der Waals surface area contributed by atoms with E-state index in [2.05, 4.69) is 26.6 Å². The molecule has 0 saturated heterocycles. The molecule has 2 amide bonds. The molecule has 4 nitrogen and oxygen atoms in total. The number of carbonyl (C=O) groups excluding carboxylic acids is 2. The zero-order chi connectivity index (χ0) is 18.5. The van der Waals surface area contributed by atoms with E-state index in [-0.39, 0.29) is 11.6 Å². The zero-order valence-corrected chi connectivity index (χ0v) is 15.1. The Balaban J connectivity index is 1.67. The van der Waals surface area contributed by atoms with Crippen LogP contribution in [0.15, 0.2) is 77.3 Å². The summed E-state index contributed by atoms with van der Waals surface area (Å²) < 4.78 is 14.4. The minimum atomic E-state index is -0.528. The molecule has 26 heavy (non-hydrogen) atoms. The van der Waals surface area contributed by atoms with E-state index in [0.717, 1.165) is 0 Å². The Labute approximate surface area is 158 Å². The average molecular weight is 413 g/mol. The molecule has 130 valence electrons. The number of hydrogen-bond donors (Lipinski definition) is 2. The van der Waals surface area contributed by atoms with Crippen molar-refractivity contribution in [2.45, 2.75) is 0 Å². The molecule has 6 heteroatoms. The van der Waals surface area contributed by atoms with Gasteiger partial charge in [0.2, 0.25) is 0 Å². The molecule has 3 aromatic rings. The molecule has 3 aromatic carbocycles. The van der Waals surface area contributed by atoms with Crippen LogP contribution in [-0.2, 0) is 0 Å². The first-order valence-corrected chi connectivity index (χ1v) is 8.55. The topological polar surface area (TPSA) is 58.2 Å². The molecule has 0 fully saturated rings. The Morgan fingerprint density at radius 3 is 2.04 bits per heavy atom. The highest BCUT2D eigenvalue weighted by Crippen LogP contribution is 2.20. The van der Waals surface area contributed by atoms with Crippen molar-refractivity contribution < 1.29 is 14.0 Å². The van der Waals surface area contributed by atoms with Crippen molar-refractivity contribution in [3.63, 3.8) is 0 Å². The maximum atomic E-state index is 13.8. The van der Waals surface area contributed by atoms with Gasteiger partial charge in [-0.05, 0) is 54.6 Å². The average Bonchev–Trinajstić information content (AvgIpc) is 2.65. The molecule has 0 heterocycles. The van der Waals surface area contributed by atoms with Crippen LogP contribution < -0.4 is 10.6 Å². The van der Waals surface area contributed by atoms with Gasteiger partial charge in [-0.15, -0.1) is 0 Å². The molecule has 2 N–H and O–H groups in total. The van der Waals surface area contributed by atoms with Crippen LogP contribution >= 0.6 is 15.9 Å². The van der Waals surface area contributed by atoms with E-state index in [1.54, 1.807) is 54.6 Å². The van der Waals surface area contributed by atoms with Gasteiger partial charge in [0.25, 0.3) is 11.8 Å². The third-order valence-electron chi connectivity index (χ3n) is 3.62. The van der Waals surface area contributed by atoms with Crippen LogP contribution in [0.4, 0.5) is 15.8 Å². The van der Waals surface area contributed by atoms with Crippen molar-refractivity contribution in [1.29, 1.82) is 0 Å².